The van der Waals surface area contributed by atoms with Crippen LogP contribution in [0.5, 0.6) is 0 Å². The van der Waals surface area contributed by atoms with Crippen molar-refractivity contribution in [2.24, 2.45) is 0 Å². The minimum atomic E-state index is -0.711. The molecule has 14 nitrogen and oxygen atoms in total. The second-order valence-electron chi connectivity index (χ2n) is 7.36. The van der Waals surface area contributed by atoms with E-state index < -0.39 is 42.4 Å². The molecular formula is C22H14Br2N6O8. The smallest absolute Gasteiger partial charge is 0.347 e. The molecule has 0 atom stereocenters. The van der Waals surface area contributed by atoms with Crippen LogP contribution in [-0.4, -0.2) is 19.7 Å². The molecule has 0 radical (unpaired) electrons. The fourth-order valence-corrected chi connectivity index (χ4v) is 3.54. The van der Waals surface area contributed by atoms with Crippen LogP contribution in [0.25, 0.3) is 22.5 Å². The average molecular weight is 650 g/mol. The average Bonchev–Trinajstić information content (AvgIpc) is 2.88. The first-order valence-corrected chi connectivity index (χ1v) is 10.0. The van der Waals surface area contributed by atoms with E-state index in [0.29, 0.717) is 0 Å². The molecule has 4 rings (SSSR count). The third-order valence-electron chi connectivity index (χ3n) is 5.28. The quantitative estimate of drug-likeness (QED) is 0.120. The molecule has 0 unspecified atom stereocenters. The maximum atomic E-state index is 11.4. The molecule has 0 spiro atoms. The number of rotatable bonds is 7. The van der Waals surface area contributed by atoms with Crippen LogP contribution in [0.3, 0.4) is 0 Å². The van der Waals surface area contributed by atoms with E-state index in [-0.39, 0.29) is 45.3 Å². The zero-order valence-corrected chi connectivity index (χ0v) is 22.0. The van der Waals surface area contributed by atoms with Crippen LogP contribution in [0.4, 0.5) is 22.7 Å². The molecule has 2 aromatic carbocycles. The Balaban J connectivity index is 0.00000253. The minimum absolute atomic E-state index is 0. The summed E-state index contributed by atoms with van der Waals surface area (Å²) in [5.41, 5.74) is 0.103. The molecule has 2 heterocycles. The highest BCUT2D eigenvalue weighted by atomic mass is 79.9. The number of aromatic nitrogens is 2. The molecule has 0 aliphatic rings. The number of nitro groups is 4. The fraction of sp³-hybridized carbons (Fsp3) is 0. The van der Waals surface area contributed by atoms with Gasteiger partial charge < -0.3 is 34.0 Å². The lowest BCUT2D eigenvalue weighted by Crippen LogP contribution is -3.00. The van der Waals surface area contributed by atoms with Crippen molar-refractivity contribution in [3.8, 4) is 22.5 Å². The molecule has 0 saturated heterocycles. The van der Waals surface area contributed by atoms with Crippen LogP contribution in [-0.2, 0) is 0 Å². The van der Waals surface area contributed by atoms with Crippen molar-refractivity contribution in [2.75, 3.05) is 0 Å². The summed E-state index contributed by atoms with van der Waals surface area (Å²) in [6.07, 6.45) is 6.24. The summed E-state index contributed by atoms with van der Waals surface area (Å²) in [7, 11) is 0. The summed E-state index contributed by atoms with van der Waals surface area (Å²) in [6, 6.07) is 13.4. The number of nitro benzene ring substituents is 4. The van der Waals surface area contributed by atoms with Crippen molar-refractivity contribution in [1.82, 2.24) is 0 Å². The lowest BCUT2D eigenvalue weighted by molar-refractivity contribution is -0.601. The van der Waals surface area contributed by atoms with Crippen LogP contribution in [0.1, 0.15) is 0 Å². The number of pyridine rings is 2. The van der Waals surface area contributed by atoms with Crippen LogP contribution in [0.15, 0.2) is 85.5 Å². The van der Waals surface area contributed by atoms with Crippen LogP contribution in [0, 0.1) is 40.5 Å². The van der Waals surface area contributed by atoms with Gasteiger partial charge in [0.05, 0.1) is 19.7 Å². The Hall–Kier alpha value is -4.70. The standard InChI is InChI=1S/C22H14N6O8.2BrH/c29-25(30)17-1-3-19(21(13-17)27(33)34)23-9-5-15(6-10-23)16-7-11-24(12-8-16)20-4-2-18(26(31)32)14-22(20)28(35)36;;/h1-14H;2*1H/q+2;;/p-2. The maximum absolute atomic E-state index is 11.4. The number of non-ortho nitro benzene ring substituents is 2. The SMILES string of the molecule is O=[N+]([O-])c1ccc(-[n+]2ccc(-c3cc[n+](-c4ccc([N+](=O)[O-])cc4[N+](=O)[O-])cc3)cc2)c([N+](=O)[O-])c1.[Br-].[Br-]. The van der Waals surface area contributed by atoms with E-state index in [1.807, 2.05) is 0 Å². The Morgan fingerprint density at radius 1 is 0.474 bits per heavy atom. The number of benzene rings is 2. The molecule has 0 fully saturated rings. The Labute approximate surface area is 233 Å². The van der Waals surface area contributed by atoms with Gasteiger partial charge in [-0.15, -0.1) is 0 Å². The van der Waals surface area contributed by atoms with E-state index in [1.54, 1.807) is 49.1 Å². The summed E-state index contributed by atoms with van der Waals surface area (Å²) in [5.74, 6) is 0. The van der Waals surface area contributed by atoms with Gasteiger partial charge in [0.1, 0.15) is 12.1 Å². The monoisotopic (exact) mass is 648 g/mol. The molecular weight excluding hydrogens is 636 g/mol. The second kappa shape index (κ2) is 12.0. The summed E-state index contributed by atoms with van der Waals surface area (Å²) in [4.78, 5) is 41.9. The topological polar surface area (TPSA) is 180 Å². The molecule has 2 aromatic heterocycles. The lowest BCUT2D eigenvalue weighted by Gasteiger charge is -2.02. The van der Waals surface area contributed by atoms with Crippen molar-refractivity contribution in [3.63, 3.8) is 0 Å². The molecule has 38 heavy (non-hydrogen) atoms. The van der Waals surface area contributed by atoms with Crippen molar-refractivity contribution in [3.05, 3.63) is 126 Å². The Bertz CT molecular complexity index is 1430. The van der Waals surface area contributed by atoms with E-state index >= 15 is 0 Å². The van der Waals surface area contributed by atoms with Gasteiger partial charge in [-0.2, -0.15) is 9.13 Å². The molecule has 0 bridgehead atoms. The number of hydrogen-bond donors (Lipinski definition) is 0. The van der Waals surface area contributed by atoms with Gasteiger partial charge in [-0.1, -0.05) is 0 Å². The minimum Gasteiger partial charge on any atom is -1.00 e. The first-order chi connectivity index (χ1) is 17.2. The van der Waals surface area contributed by atoms with Gasteiger partial charge in [0.15, 0.2) is 24.8 Å². The highest BCUT2D eigenvalue weighted by molar-refractivity contribution is 5.62. The maximum Gasteiger partial charge on any atom is 0.347 e. The Kier molecular flexibility index (Phi) is 9.34. The van der Waals surface area contributed by atoms with Gasteiger partial charge in [-0.3, -0.25) is 40.5 Å². The van der Waals surface area contributed by atoms with E-state index in [9.17, 15) is 40.5 Å². The van der Waals surface area contributed by atoms with Crippen molar-refractivity contribution >= 4 is 22.7 Å². The third kappa shape index (κ3) is 5.98. The predicted molar refractivity (Wildman–Crippen MR) is 122 cm³/mol. The summed E-state index contributed by atoms with van der Waals surface area (Å²) < 4.78 is 2.91. The Morgan fingerprint density at radius 3 is 1.05 bits per heavy atom. The normalized spacial score (nSPS) is 10.0. The molecule has 0 amide bonds. The summed E-state index contributed by atoms with van der Waals surface area (Å²) in [5, 5.41) is 44.7. The largest absolute Gasteiger partial charge is 1.00 e. The lowest BCUT2D eigenvalue weighted by atomic mass is 10.1. The highest BCUT2D eigenvalue weighted by Crippen LogP contribution is 2.26. The van der Waals surface area contributed by atoms with Gasteiger partial charge >= 0.3 is 11.4 Å². The number of hydrogen-bond acceptors (Lipinski definition) is 8. The third-order valence-corrected chi connectivity index (χ3v) is 5.28. The molecule has 16 heteroatoms. The van der Waals surface area contributed by atoms with Crippen molar-refractivity contribution in [1.29, 1.82) is 0 Å². The van der Waals surface area contributed by atoms with E-state index in [4.69, 9.17) is 0 Å². The van der Waals surface area contributed by atoms with E-state index in [2.05, 4.69) is 0 Å². The predicted octanol–water partition coefficient (Wildman–Crippen LogP) is -2.45. The first-order valence-electron chi connectivity index (χ1n) is 10.0. The van der Waals surface area contributed by atoms with Gasteiger partial charge in [0.25, 0.3) is 22.7 Å². The molecule has 4 aromatic rings. The number of halogens is 2. The molecule has 194 valence electrons. The zero-order valence-electron chi connectivity index (χ0n) is 18.8. The first kappa shape index (κ1) is 29.5. The van der Waals surface area contributed by atoms with Crippen molar-refractivity contribution in [2.45, 2.75) is 0 Å². The molecule has 0 aliphatic heterocycles. The van der Waals surface area contributed by atoms with Crippen LogP contribution < -0.4 is 43.1 Å². The molecule has 0 saturated carbocycles. The second-order valence-corrected chi connectivity index (χ2v) is 7.36. The van der Waals surface area contributed by atoms with Gasteiger partial charge in [-0.25, -0.2) is 0 Å². The molecule has 0 aliphatic carbocycles. The van der Waals surface area contributed by atoms with E-state index in [0.717, 1.165) is 23.3 Å². The van der Waals surface area contributed by atoms with Crippen molar-refractivity contribution < 1.29 is 62.8 Å². The van der Waals surface area contributed by atoms with Crippen LogP contribution >= 0.6 is 0 Å². The van der Waals surface area contributed by atoms with Crippen LogP contribution in [0.2, 0.25) is 0 Å². The van der Waals surface area contributed by atoms with Gasteiger partial charge in [0, 0.05) is 48.5 Å². The fourth-order valence-electron chi connectivity index (χ4n) is 3.54. The van der Waals surface area contributed by atoms with Gasteiger partial charge in [-0.05, 0) is 11.1 Å². The number of nitrogens with zero attached hydrogens (tertiary/aromatic N) is 6. The summed E-state index contributed by atoms with van der Waals surface area (Å²) in [6.45, 7) is 0. The Morgan fingerprint density at radius 2 is 0.789 bits per heavy atom. The molecule has 0 N–H and O–H groups in total. The van der Waals surface area contributed by atoms with E-state index in [1.165, 1.54) is 33.4 Å². The zero-order chi connectivity index (χ0) is 26.0. The summed E-state index contributed by atoms with van der Waals surface area (Å²) >= 11 is 0. The van der Waals surface area contributed by atoms with Gasteiger partial charge in [0.2, 0.25) is 0 Å². The highest BCUT2D eigenvalue weighted by Gasteiger charge is 2.27.